The van der Waals surface area contributed by atoms with Gasteiger partial charge in [-0.3, -0.25) is 0 Å². The molecule has 0 saturated heterocycles. The monoisotopic (exact) mass is 507 g/mol. The van der Waals surface area contributed by atoms with Crippen molar-refractivity contribution in [1.82, 2.24) is 4.98 Å². The predicted molar refractivity (Wildman–Crippen MR) is 144 cm³/mol. The summed E-state index contributed by atoms with van der Waals surface area (Å²) >= 11 is 0. The van der Waals surface area contributed by atoms with Gasteiger partial charge in [-0.05, 0) is 41.5 Å². The normalized spacial score (nSPS) is 10.8. The lowest BCUT2D eigenvalue weighted by atomic mass is 10.0. The van der Waals surface area contributed by atoms with Crippen LogP contribution < -0.4 is 9.47 Å². The van der Waals surface area contributed by atoms with E-state index in [1.54, 1.807) is 18.2 Å². The molecule has 0 unspecified atom stereocenters. The standard InChI is InChI=1S/C31H25NO6/c1-36-29-23(13-8-14-24(29)30(33)34)28-27(31(35)38-19-21-11-6-3-7-12-21)25-17-22(15-16-26(25)32-28)37-18-20-9-4-2-5-10-20/h2-17,32H,18-19H2,1H3,(H,33,34). The molecule has 38 heavy (non-hydrogen) atoms. The third-order valence-electron chi connectivity index (χ3n) is 6.15. The van der Waals surface area contributed by atoms with Crippen molar-refractivity contribution in [2.75, 3.05) is 7.11 Å². The van der Waals surface area contributed by atoms with E-state index in [-0.39, 0.29) is 23.5 Å². The van der Waals surface area contributed by atoms with Gasteiger partial charge in [0, 0.05) is 16.5 Å². The summed E-state index contributed by atoms with van der Waals surface area (Å²) in [6.07, 6.45) is 0. The number of carbonyl (C=O) groups is 2. The molecule has 1 aromatic heterocycles. The van der Waals surface area contributed by atoms with Gasteiger partial charge in [0.2, 0.25) is 0 Å². The molecule has 0 saturated carbocycles. The molecule has 0 spiro atoms. The van der Waals surface area contributed by atoms with E-state index in [9.17, 15) is 14.7 Å². The first-order valence-corrected chi connectivity index (χ1v) is 12.0. The molecule has 190 valence electrons. The number of aromatic carboxylic acids is 1. The number of H-pyrrole nitrogens is 1. The van der Waals surface area contributed by atoms with E-state index >= 15 is 0 Å². The van der Waals surface area contributed by atoms with Crippen molar-refractivity contribution in [2.24, 2.45) is 0 Å². The molecule has 0 radical (unpaired) electrons. The summed E-state index contributed by atoms with van der Waals surface area (Å²) < 4.78 is 17.2. The molecular weight excluding hydrogens is 482 g/mol. The Morgan fingerprint density at radius 2 is 1.50 bits per heavy atom. The maximum absolute atomic E-state index is 13.6. The molecule has 0 atom stereocenters. The molecule has 0 aliphatic carbocycles. The second-order valence-electron chi connectivity index (χ2n) is 8.61. The Morgan fingerprint density at radius 1 is 0.816 bits per heavy atom. The highest BCUT2D eigenvalue weighted by Gasteiger charge is 2.26. The summed E-state index contributed by atoms with van der Waals surface area (Å²) in [4.78, 5) is 28.7. The number of carboxylic acids is 1. The number of hydrogen-bond acceptors (Lipinski definition) is 5. The number of para-hydroxylation sites is 1. The number of methoxy groups -OCH3 is 1. The molecule has 5 rings (SSSR count). The van der Waals surface area contributed by atoms with E-state index in [1.165, 1.54) is 13.2 Å². The molecule has 5 aromatic rings. The van der Waals surface area contributed by atoms with Crippen LogP contribution in [-0.4, -0.2) is 29.1 Å². The van der Waals surface area contributed by atoms with Gasteiger partial charge in [0.25, 0.3) is 0 Å². The molecule has 7 heteroatoms. The Labute approximate surface area is 219 Å². The van der Waals surface area contributed by atoms with Gasteiger partial charge in [0.05, 0.1) is 18.4 Å². The maximum atomic E-state index is 13.6. The summed E-state index contributed by atoms with van der Waals surface area (Å²) in [5.41, 5.74) is 3.61. The van der Waals surface area contributed by atoms with Gasteiger partial charge in [-0.15, -0.1) is 0 Å². The first-order valence-electron chi connectivity index (χ1n) is 12.0. The van der Waals surface area contributed by atoms with Gasteiger partial charge in [-0.2, -0.15) is 0 Å². The fraction of sp³-hybridized carbons (Fsp3) is 0.0968. The lowest BCUT2D eigenvalue weighted by Crippen LogP contribution is -2.07. The molecule has 0 amide bonds. The lowest BCUT2D eigenvalue weighted by molar-refractivity contribution is 0.0475. The molecule has 7 nitrogen and oxygen atoms in total. The Balaban J connectivity index is 1.58. The fourth-order valence-corrected chi connectivity index (χ4v) is 4.33. The van der Waals surface area contributed by atoms with Crippen LogP contribution in [0.15, 0.2) is 97.1 Å². The van der Waals surface area contributed by atoms with Crippen LogP contribution in [0.1, 0.15) is 31.8 Å². The van der Waals surface area contributed by atoms with Crippen molar-refractivity contribution >= 4 is 22.8 Å². The number of aromatic nitrogens is 1. The largest absolute Gasteiger partial charge is 0.495 e. The Kier molecular flexibility index (Phi) is 7.08. The Bertz CT molecular complexity index is 1590. The number of ether oxygens (including phenoxy) is 3. The number of nitrogens with one attached hydrogen (secondary N) is 1. The molecular formula is C31H25NO6. The van der Waals surface area contributed by atoms with Crippen LogP contribution in [0, 0.1) is 0 Å². The minimum atomic E-state index is -1.13. The van der Waals surface area contributed by atoms with E-state index < -0.39 is 11.9 Å². The van der Waals surface area contributed by atoms with Gasteiger partial charge in [0.15, 0.2) is 0 Å². The minimum Gasteiger partial charge on any atom is -0.495 e. The minimum absolute atomic E-state index is 0.0147. The smallest absolute Gasteiger partial charge is 0.341 e. The van der Waals surface area contributed by atoms with Crippen LogP contribution in [0.4, 0.5) is 0 Å². The number of carboxylic acid groups (broad SMARTS) is 1. The Hall–Kier alpha value is -5.04. The summed E-state index contributed by atoms with van der Waals surface area (Å²) in [7, 11) is 1.40. The molecule has 1 heterocycles. The van der Waals surface area contributed by atoms with Crippen molar-refractivity contribution < 1.29 is 28.9 Å². The average molecular weight is 508 g/mol. The third kappa shape index (κ3) is 5.08. The Morgan fingerprint density at radius 3 is 2.16 bits per heavy atom. The molecule has 0 aliphatic heterocycles. The first-order chi connectivity index (χ1) is 18.5. The number of rotatable bonds is 9. The lowest BCUT2D eigenvalue weighted by Gasteiger charge is -2.12. The molecule has 0 aliphatic rings. The maximum Gasteiger partial charge on any atom is 0.341 e. The van der Waals surface area contributed by atoms with Crippen molar-refractivity contribution in [3.8, 4) is 22.8 Å². The summed E-state index contributed by atoms with van der Waals surface area (Å²) in [5, 5.41) is 10.3. The second kappa shape index (κ2) is 10.9. The van der Waals surface area contributed by atoms with E-state index in [0.29, 0.717) is 34.5 Å². The second-order valence-corrected chi connectivity index (χ2v) is 8.61. The predicted octanol–water partition coefficient (Wildman–Crippen LogP) is 6.48. The van der Waals surface area contributed by atoms with Crippen LogP contribution in [0.25, 0.3) is 22.2 Å². The van der Waals surface area contributed by atoms with Crippen LogP contribution >= 0.6 is 0 Å². The highest BCUT2D eigenvalue weighted by atomic mass is 16.5. The summed E-state index contributed by atoms with van der Waals surface area (Å²) in [5.74, 6) is -0.970. The number of esters is 1. The van der Waals surface area contributed by atoms with E-state index in [2.05, 4.69) is 4.98 Å². The zero-order valence-electron chi connectivity index (χ0n) is 20.6. The zero-order chi connectivity index (χ0) is 26.5. The molecule has 4 aromatic carbocycles. The van der Waals surface area contributed by atoms with Crippen LogP contribution in [0.2, 0.25) is 0 Å². The van der Waals surface area contributed by atoms with Crippen LogP contribution in [-0.2, 0) is 18.0 Å². The first kappa shape index (κ1) is 24.6. The van der Waals surface area contributed by atoms with Crippen LogP contribution in [0.5, 0.6) is 11.5 Å². The van der Waals surface area contributed by atoms with E-state index in [4.69, 9.17) is 14.2 Å². The van der Waals surface area contributed by atoms with Gasteiger partial charge < -0.3 is 24.3 Å². The average Bonchev–Trinajstić information content (AvgIpc) is 3.34. The number of carbonyl (C=O) groups excluding carboxylic acids is 1. The molecule has 0 bridgehead atoms. The molecule has 0 fully saturated rings. The highest BCUT2D eigenvalue weighted by Crippen LogP contribution is 2.39. The number of fused-ring (bicyclic) bond motifs is 1. The van der Waals surface area contributed by atoms with E-state index in [1.807, 2.05) is 72.8 Å². The number of aromatic amines is 1. The van der Waals surface area contributed by atoms with Crippen molar-refractivity contribution in [3.05, 3.63) is 119 Å². The third-order valence-corrected chi connectivity index (χ3v) is 6.15. The number of benzene rings is 4. The van der Waals surface area contributed by atoms with Gasteiger partial charge >= 0.3 is 11.9 Å². The highest BCUT2D eigenvalue weighted by molar-refractivity contribution is 6.11. The topological polar surface area (TPSA) is 97.9 Å². The van der Waals surface area contributed by atoms with Crippen molar-refractivity contribution in [3.63, 3.8) is 0 Å². The van der Waals surface area contributed by atoms with Gasteiger partial charge in [0.1, 0.15) is 30.3 Å². The molecule has 2 N–H and O–H groups in total. The quantitative estimate of drug-likeness (QED) is 0.222. The SMILES string of the molecule is COc1c(C(=O)O)cccc1-c1[nH]c2ccc(OCc3ccccc3)cc2c1C(=O)OCc1ccccc1. The van der Waals surface area contributed by atoms with Crippen molar-refractivity contribution in [1.29, 1.82) is 0 Å². The fourth-order valence-electron chi connectivity index (χ4n) is 4.33. The van der Waals surface area contributed by atoms with Gasteiger partial charge in [-0.25, -0.2) is 9.59 Å². The van der Waals surface area contributed by atoms with Gasteiger partial charge in [-0.1, -0.05) is 66.7 Å². The van der Waals surface area contributed by atoms with Crippen LogP contribution in [0.3, 0.4) is 0 Å². The van der Waals surface area contributed by atoms with Crippen molar-refractivity contribution in [2.45, 2.75) is 13.2 Å². The summed E-state index contributed by atoms with van der Waals surface area (Å²) in [6, 6.07) is 29.4. The summed E-state index contributed by atoms with van der Waals surface area (Å²) in [6.45, 7) is 0.453. The zero-order valence-corrected chi connectivity index (χ0v) is 20.6. The van der Waals surface area contributed by atoms with E-state index in [0.717, 1.165) is 11.1 Å². The number of hydrogen-bond donors (Lipinski definition) is 2.